The third kappa shape index (κ3) is 5.18. The molecule has 0 unspecified atom stereocenters. The molecule has 146 valence electrons. The van der Waals surface area contributed by atoms with E-state index in [0.717, 1.165) is 28.9 Å². The fourth-order valence-electron chi connectivity index (χ4n) is 3.27. The summed E-state index contributed by atoms with van der Waals surface area (Å²) >= 11 is 0. The molecule has 0 bridgehead atoms. The molecule has 0 aromatic heterocycles. The Morgan fingerprint density at radius 2 is 1.52 bits per heavy atom. The minimum atomic E-state index is 0.245. The lowest BCUT2D eigenvalue weighted by molar-refractivity contribution is 0.328. The molecule has 0 heterocycles. The smallest absolute Gasteiger partial charge is 0.119 e. The average Bonchev–Trinajstić information content (AvgIpc) is 2.77. The van der Waals surface area contributed by atoms with Gasteiger partial charge in [0.15, 0.2) is 0 Å². The van der Waals surface area contributed by atoms with Gasteiger partial charge in [0.2, 0.25) is 0 Å². The first-order valence-electron chi connectivity index (χ1n) is 9.55. The molecule has 3 aromatic carbocycles. The van der Waals surface area contributed by atoms with E-state index >= 15 is 0 Å². The van der Waals surface area contributed by atoms with E-state index in [1.54, 1.807) is 12.1 Å². The van der Waals surface area contributed by atoms with Gasteiger partial charge in [-0.15, -0.1) is 0 Å². The lowest BCUT2D eigenvalue weighted by Crippen LogP contribution is -2.00. The van der Waals surface area contributed by atoms with Gasteiger partial charge in [-0.05, 0) is 64.1 Å². The van der Waals surface area contributed by atoms with Gasteiger partial charge in [0.1, 0.15) is 11.5 Å². The summed E-state index contributed by atoms with van der Waals surface area (Å²) in [6, 6.07) is 25.5. The van der Waals surface area contributed by atoms with Crippen LogP contribution in [0, 0.1) is 0 Å². The van der Waals surface area contributed by atoms with Crippen LogP contribution in [0.5, 0.6) is 11.5 Å². The Labute approximate surface area is 170 Å². The number of phenols is 1. The van der Waals surface area contributed by atoms with E-state index in [0.29, 0.717) is 13.2 Å². The number of ether oxygens (including phenoxy) is 1. The van der Waals surface area contributed by atoms with Gasteiger partial charge in [0.25, 0.3) is 0 Å². The molecule has 0 fully saturated rings. The van der Waals surface area contributed by atoms with Gasteiger partial charge >= 0.3 is 0 Å². The highest BCUT2D eigenvalue weighted by atomic mass is 16.5. The van der Waals surface area contributed by atoms with Gasteiger partial charge in [-0.25, -0.2) is 0 Å². The number of nitrogens with zero attached hydrogens (tertiary/aromatic N) is 3. The third-order valence-electron chi connectivity index (χ3n) is 4.60. The van der Waals surface area contributed by atoms with Crippen LogP contribution in [0.25, 0.3) is 21.6 Å². The van der Waals surface area contributed by atoms with Crippen LogP contribution in [0.1, 0.15) is 30.0 Å². The van der Waals surface area contributed by atoms with Crippen LogP contribution in [-0.4, -0.2) is 18.3 Å². The monoisotopic (exact) mass is 385 g/mol. The molecule has 0 radical (unpaired) electrons. The van der Waals surface area contributed by atoms with Crippen molar-refractivity contribution < 1.29 is 9.84 Å². The maximum atomic E-state index is 9.72. The minimum Gasteiger partial charge on any atom is -0.508 e. The Morgan fingerprint density at radius 3 is 2.10 bits per heavy atom. The zero-order valence-electron chi connectivity index (χ0n) is 16.3. The topological polar surface area (TPSA) is 78.2 Å². The molecule has 3 rings (SSSR count). The van der Waals surface area contributed by atoms with Gasteiger partial charge in [-0.2, -0.15) is 0 Å². The predicted octanol–water partition coefficient (Wildman–Crippen LogP) is 6.45. The third-order valence-corrected chi connectivity index (χ3v) is 4.60. The highest BCUT2D eigenvalue weighted by Crippen LogP contribution is 2.35. The quantitative estimate of drug-likeness (QED) is 0.159. The Bertz CT molecular complexity index is 1000. The number of rotatable bonds is 8. The second-order valence-corrected chi connectivity index (χ2v) is 6.45. The Kier molecular flexibility index (Phi) is 6.93. The standard InChI is InChI=1S/C24H23N3O2/c1-2-23(18-6-4-3-5-7-18)24(19-8-12-21(28)13-9-19)20-10-14-22(15-11-20)29-17-16-26-27-25/h3-15,28H,2,16-17H2,1H3. The first-order valence-corrected chi connectivity index (χ1v) is 9.55. The molecule has 0 atom stereocenters. The summed E-state index contributed by atoms with van der Waals surface area (Å²) in [6.07, 6.45) is 0.866. The van der Waals surface area contributed by atoms with Crippen LogP contribution in [0.15, 0.2) is 84.0 Å². The fourth-order valence-corrected chi connectivity index (χ4v) is 3.27. The first-order chi connectivity index (χ1) is 14.2. The molecule has 0 aliphatic rings. The molecular formula is C24H23N3O2. The largest absolute Gasteiger partial charge is 0.508 e. The van der Waals surface area contributed by atoms with E-state index in [9.17, 15) is 5.11 Å². The van der Waals surface area contributed by atoms with Crippen LogP contribution in [0.2, 0.25) is 0 Å². The van der Waals surface area contributed by atoms with Crippen LogP contribution in [0.4, 0.5) is 0 Å². The van der Waals surface area contributed by atoms with E-state index in [1.165, 1.54) is 11.1 Å². The molecule has 0 aliphatic carbocycles. The fraction of sp³-hybridized carbons (Fsp3) is 0.167. The van der Waals surface area contributed by atoms with Crippen molar-refractivity contribution >= 4 is 11.1 Å². The van der Waals surface area contributed by atoms with E-state index < -0.39 is 0 Å². The van der Waals surface area contributed by atoms with Crippen molar-refractivity contribution in [3.63, 3.8) is 0 Å². The normalized spacial score (nSPS) is 11.3. The second-order valence-electron chi connectivity index (χ2n) is 6.45. The predicted molar refractivity (Wildman–Crippen MR) is 117 cm³/mol. The zero-order valence-corrected chi connectivity index (χ0v) is 16.3. The van der Waals surface area contributed by atoms with Gasteiger partial charge < -0.3 is 9.84 Å². The van der Waals surface area contributed by atoms with Gasteiger partial charge in [0, 0.05) is 4.91 Å². The maximum absolute atomic E-state index is 9.72. The van der Waals surface area contributed by atoms with Crippen molar-refractivity contribution in [2.75, 3.05) is 13.2 Å². The lowest BCUT2D eigenvalue weighted by atomic mass is 9.88. The number of benzene rings is 3. The average molecular weight is 385 g/mol. The van der Waals surface area contributed by atoms with Gasteiger partial charge in [-0.1, -0.05) is 66.6 Å². The molecule has 0 saturated carbocycles. The van der Waals surface area contributed by atoms with Gasteiger partial charge in [0.05, 0.1) is 13.2 Å². The van der Waals surface area contributed by atoms with Crippen LogP contribution >= 0.6 is 0 Å². The highest BCUT2D eigenvalue weighted by Gasteiger charge is 2.13. The number of hydrogen-bond donors (Lipinski definition) is 1. The van der Waals surface area contributed by atoms with Crippen molar-refractivity contribution in [2.45, 2.75) is 13.3 Å². The SMILES string of the molecule is CCC(=C(c1ccc(O)cc1)c1ccc(OCCN=[N+]=[N-])cc1)c1ccccc1. The number of allylic oxidation sites excluding steroid dienone is 1. The second kappa shape index (κ2) is 10.0. The van der Waals surface area contributed by atoms with E-state index in [1.807, 2.05) is 54.6 Å². The summed E-state index contributed by atoms with van der Waals surface area (Å²) in [5.41, 5.74) is 14.0. The Hall–Kier alpha value is -3.69. The van der Waals surface area contributed by atoms with E-state index in [2.05, 4.69) is 29.1 Å². The first kappa shape index (κ1) is 20.1. The van der Waals surface area contributed by atoms with Crippen molar-refractivity contribution in [1.29, 1.82) is 0 Å². The number of aromatic hydroxyl groups is 1. The Balaban J connectivity index is 2.03. The summed E-state index contributed by atoms with van der Waals surface area (Å²) in [5, 5.41) is 13.2. The summed E-state index contributed by atoms with van der Waals surface area (Å²) in [6.45, 7) is 2.79. The molecule has 3 aromatic rings. The summed E-state index contributed by atoms with van der Waals surface area (Å²) in [4.78, 5) is 2.72. The van der Waals surface area contributed by atoms with Crippen molar-refractivity contribution in [1.82, 2.24) is 0 Å². The molecule has 0 spiro atoms. The van der Waals surface area contributed by atoms with Crippen LogP contribution < -0.4 is 4.74 Å². The zero-order chi connectivity index (χ0) is 20.5. The molecule has 0 amide bonds. The van der Waals surface area contributed by atoms with Crippen LogP contribution in [-0.2, 0) is 0 Å². The number of phenolic OH excluding ortho intramolecular Hbond substituents is 1. The highest BCUT2D eigenvalue weighted by molar-refractivity contribution is 5.98. The molecule has 1 N–H and O–H groups in total. The van der Waals surface area contributed by atoms with Crippen LogP contribution in [0.3, 0.4) is 0 Å². The van der Waals surface area contributed by atoms with Crippen molar-refractivity contribution in [2.24, 2.45) is 5.11 Å². The number of azide groups is 1. The molecule has 0 aliphatic heterocycles. The molecule has 5 heteroatoms. The molecular weight excluding hydrogens is 362 g/mol. The molecule has 0 saturated heterocycles. The molecule has 5 nitrogen and oxygen atoms in total. The van der Waals surface area contributed by atoms with Crippen molar-refractivity contribution in [3.8, 4) is 11.5 Å². The Morgan fingerprint density at radius 1 is 0.897 bits per heavy atom. The summed E-state index contributed by atoms with van der Waals surface area (Å²) in [5.74, 6) is 0.972. The van der Waals surface area contributed by atoms with E-state index in [-0.39, 0.29) is 5.75 Å². The maximum Gasteiger partial charge on any atom is 0.119 e. The lowest BCUT2D eigenvalue weighted by Gasteiger charge is -2.17. The number of hydrogen-bond acceptors (Lipinski definition) is 3. The summed E-state index contributed by atoms with van der Waals surface area (Å²) in [7, 11) is 0. The van der Waals surface area contributed by atoms with Crippen molar-refractivity contribution in [3.05, 3.63) is 106 Å². The minimum absolute atomic E-state index is 0.245. The van der Waals surface area contributed by atoms with E-state index in [4.69, 9.17) is 10.3 Å². The molecule has 29 heavy (non-hydrogen) atoms. The summed E-state index contributed by atoms with van der Waals surface area (Å²) < 4.78 is 5.62. The van der Waals surface area contributed by atoms with Gasteiger partial charge in [-0.3, -0.25) is 0 Å².